The first kappa shape index (κ1) is 13.9. The summed E-state index contributed by atoms with van der Waals surface area (Å²) < 4.78 is 26.9. The number of imidazole rings is 1. The van der Waals surface area contributed by atoms with Gasteiger partial charge >= 0.3 is 0 Å². The van der Waals surface area contributed by atoms with E-state index in [9.17, 15) is 13.6 Å². The summed E-state index contributed by atoms with van der Waals surface area (Å²) in [6, 6.07) is 1.83. The Labute approximate surface area is 113 Å². The van der Waals surface area contributed by atoms with Crippen molar-refractivity contribution in [3.8, 4) is 0 Å². The quantitative estimate of drug-likeness (QED) is 0.484. The van der Waals surface area contributed by atoms with Gasteiger partial charge in [-0.05, 0) is 12.1 Å². The van der Waals surface area contributed by atoms with Crippen LogP contribution in [-0.4, -0.2) is 22.4 Å². The molecule has 0 fully saturated rings. The highest BCUT2D eigenvalue weighted by Crippen LogP contribution is 2.19. The van der Waals surface area contributed by atoms with Crippen LogP contribution < -0.4 is 16.6 Å². The Morgan fingerprint density at radius 1 is 1.35 bits per heavy atom. The van der Waals surface area contributed by atoms with Gasteiger partial charge in [0.15, 0.2) is 11.6 Å². The summed E-state index contributed by atoms with van der Waals surface area (Å²) in [6.07, 6.45) is 3.76. The van der Waals surface area contributed by atoms with Crippen LogP contribution in [0.25, 0.3) is 0 Å². The number of nitrogens with one attached hydrogen (secondary N) is 3. The number of nitrogen functional groups attached to an aromatic ring is 1. The third-order valence-corrected chi connectivity index (χ3v) is 2.65. The molecule has 0 spiro atoms. The molecular weight excluding hydrogens is 268 g/mol. The van der Waals surface area contributed by atoms with Crippen molar-refractivity contribution in [3.05, 3.63) is 47.5 Å². The standard InChI is InChI=1S/C12H13F2N5O/c13-8-5-7(6-9(14)11(8)19-15)12(20)18-2-1-10-16-3-4-17-10/h3-6,19H,1-2,15H2,(H,16,17)(H,18,20). The third kappa shape index (κ3) is 3.09. The van der Waals surface area contributed by atoms with Gasteiger partial charge in [-0.15, -0.1) is 0 Å². The largest absolute Gasteiger partial charge is 0.352 e. The highest BCUT2D eigenvalue weighted by Gasteiger charge is 2.14. The molecule has 106 valence electrons. The smallest absolute Gasteiger partial charge is 0.251 e. The van der Waals surface area contributed by atoms with Gasteiger partial charge in [-0.3, -0.25) is 10.6 Å². The van der Waals surface area contributed by atoms with Gasteiger partial charge in [0.05, 0.1) is 0 Å². The minimum atomic E-state index is -0.927. The highest BCUT2D eigenvalue weighted by molar-refractivity contribution is 5.94. The fourth-order valence-corrected chi connectivity index (χ4v) is 1.67. The van der Waals surface area contributed by atoms with Gasteiger partial charge in [0.1, 0.15) is 11.5 Å². The second-order valence-corrected chi connectivity index (χ2v) is 4.00. The molecule has 2 aromatic rings. The lowest BCUT2D eigenvalue weighted by molar-refractivity contribution is 0.0953. The molecule has 1 aromatic heterocycles. The van der Waals surface area contributed by atoms with Gasteiger partial charge in [-0.25, -0.2) is 13.8 Å². The monoisotopic (exact) mass is 281 g/mol. The van der Waals surface area contributed by atoms with Gasteiger partial charge in [-0.2, -0.15) is 0 Å². The molecule has 0 aliphatic carbocycles. The molecule has 0 saturated carbocycles. The molecule has 0 saturated heterocycles. The summed E-state index contributed by atoms with van der Waals surface area (Å²) in [5.74, 6) is 3.26. The van der Waals surface area contributed by atoms with E-state index in [0.717, 1.165) is 12.1 Å². The van der Waals surface area contributed by atoms with E-state index in [1.165, 1.54) is 0 Å². The first-order chi connectivity index (χ1) is 9.61. The maximum absolute atomic E-state index is 13.4. The number of aromatic nitrogens is 2. The lowest BCUT2D eigenvalue weighted by Crippen LogP contribution is -2.26. The number of hydrogen-bond acceptors (Lipinski definition) is 4. The predicted octanol–water partition coefficient (Wildman–Crippen LogP) is 0.946. The van der Waals surface area contributed by atoms with Crippen molar-refractivity contribution in [2.45, 2.75) is 6.42 Å². The van der Waals surface area contributed by atoms with Crippen LogP contribution in [0.5, 0.6) is 0 Å². The second kappa shape index (κ2) is 6.11. The minimum Gasteiger partial charge on any atom is -0.352 e. The molecule has 5 N–H and O–H groups in total. The maximum Gasteiger partial charge on any atom is 0.251 e. The summed E-state index contributed by atoms with van der Waals surface area (Å²) in [5, 5.41) is 2.55. The number of anilines is 1. The van der Waals surface area contributed by atoms with E-state index in [-0.39, 0.29) is 5.56 Å². The zero-order valence-corrected chi connectivity index (χ0v) is 10.4. The number of H-pyrrole nitrogens is 1. The van der Waals surface area contributed by atoms with E-state index < -0.39 is 23.2 Å². The van der Waals surface area contributed by atoms with E-state index >= 15 is 0 Å². The van der Waals surface area contributed by atoms with Crippen LogP contribution in [0.1, 0.15) is 16.2 Å². The van der Waals surface area contributed by atoms with E-state index in [0.29, 0.717) is 18.8 Å². The van der Waals surface area contributed by atoms with Crippen LogP contribution in [0.3, 0.4) is 0 Å². The van der Waals surface area contributed by atoms with Crippen LogP contribution >= 0.6 is 0 Å². The maximum atomic E-state index is 13.4. The van der Waals surface area contributed by atoms with Crippen molar-refractivity contribution in [3.63, 3.8) is 0 Å². The minimum absolute atomic E-state index is 0.113. The third-order valence-electron chi connectivity index (χ3n) is 2.65. The lowest BCUT2D eigenvalue weighted by Gasteiger charge is -2.08. The van der Waals surface area contributed by atoms with E-state index in [4.69, 9.17) is 5.84 Å². The van der Waals surface area contributed by atoms with Crippen molar-refractivity contribution in [1.29, 1.82) is 0 Å². The molecule has 6 nitrogen and oxygen atoms in total. The van der Waals surface area contributed by atoms with Crippen LogP contribution in [0, 0.1) is 11.6 Å². The molecule has 1 aromatic carbocycles. The highest BCUT2D eigenvalue weighted by atomic mass is 19.1. The molecular formula is C12H13F2N5O. The number of rotatable bonds is 5. The van der Waals surface area contributed by atoms with Gasteiger partial charge in [-0.1, -0.05) is 0 Å². The number of nitrogens with zero attached hydrogens (tertiary/aromatic N) is 1. The number of hydrazine groups is 1. The van der Waals surface area contributed by atoms with Crippen LogP contribution in [0.15, 0.2) is 24.5 Å². The van der Waals surface area contributed by atoms with Gasteiger partial charge < -0.3 is 15.7 Å². The molecule has 8 heteroatoms. The lowest BCUT2D eigenvalue weighted by atomic mass is 10.1. The van der Waals surface area contributed by atoms with E-state index in [2.05, 4.69) is 15.3 Å². The molecule has 1 heterocycles. The van der Waals surface area contributed by atoms with Gasteiger partial charge in [0, 0.05) is 30.9 Å². The van der Waals surface area contributed by atoms with Crippen molar-refractivity contribution in [2.24, 2.45) is 5.84 Å². The van der Waals surface area contributed by atoms with Crippen LogP contribution in [0.4, 0.5) is 14.5 Å². The SMILES string of the molecule is NNc1c(F)cc(C(=O)NCCc2ncc[nH]2)cc1F. The summed E-state index contributed by atoms with van der Waals surface area (Å²) in [4.78, 5) is 18.6. The van der Waals surface area contributed by atoms with Crippen molar-refractivity contribution in [1.82, 2.24) is 15.3 Å². The Morgan fingerprint density at radius 2 is 2.05 bits per heavy atom. The molecule has 0 atom stereocenters. The average Bonchev–Trinajstić information content (AvgIpc) is 2.91. The van der Waals surface area contributed by atoms with E-state index in [1.54, 1.807) is 12.4 Å². The Kier molecular flexibility index (Phi) is 4.26. The fourth-order valence-electron chi connectivity index (χ4n) is 1.67. The molecule has 20 heavy (non-hydrogen) atoms. The van der Waals surface area contributed by atoms with Gasteiger partial charge in [0.2, 0.25) is 0 Å². The Hall–Kier alpha value is -2.48. The normalized spacial score (nSPS) is 10.3. The summed E-state index contributed by atoms with van der Waals surface area (Å²) >= 11 is 0. The Balaban J connectivity index is 1.99. The summed E-state index contributed by atoms with van der Waals surface area (Å²) in [7, 11) is 0. The molecule has 0 aliphatic rings. The van der Waals surface area contributed by atoms with Crippen molar-refractivity contribution >= 4 is 11.6 Å². The molecule has 0 aliphatic heterocycles. The Morgan fingerprint density at radius 3 is 2.60 bits per heavy atom. The topological polar surface area (TPSA) is 95.8 Å². The first-order valence-corrected chi connectivity index (χ1v) is 5.84. The molecule has 0 radical (unpaired) electrons. The van der Waals surface area contributed by atoms with Crippen LogP contribution in [0.2, 0.25) is 0 Å². The van der Waals surface area contributed by atoms with Crippen molar-refractivity contribution < 1.29 is 13.6 Å². The zero-order chi connectivity index (χ0) is 14.5. The number of carbonyl (C=O) groups excluding carboxylic acids is 1. The number of amides is 1. The zero-order valence-electron chi connectivity index (χ0n) is 10.4. The summed E-state index contributed by atoms with van der Waals surface area (Å²) in [6.45, 7) is 0.298. The number of halogens is 2. The number of hydrogen-bond donors (Lipinski definition) is 4. The molecule has 2 rings (SSSR count). The molecule has 0 unspecified atom stereocenters. The van der Waals surface area contributed by atoms with E-state index in [1.807, 2.05) is 5.43 Å². The average molecular weight is 281 g/mol. The summed E-state index contributed by atoms with van der Waals surface area (Å²) in [5.41, 5.74) is 1.31. The number of nitrogens with two attached hydrogens (primary N) is 1. The van der Waals surface area contributed by atoms with Gasteiger partial charge in [0.25, 0.3) is 5.91 Å². The molecule has 0 bridgehead atoms. The fraction of sp³-hybridized carbons (Fsp3) is 0.167. The predicted molar refractivity (Wildman–Crippen MR) is 68.8 cm³/mol. The number of benzene rings is 1. The van der Waals surface area contributed by atoms with Crippen molar-refractivity contribution in [2.75, 3.05) is 12.0 Å². The second-order valence-electron chi connectivity index (χ2n) is 4.00. The van der Waals surface area contributed by atoms with Crippen LogP contribution in [-0.2, 0) is 6.42 Å². The molecule has 1 amide bonds. The Bertz CT molecular complexity index is 577. The first-order valence-electron chi connectivity index (χ1n) is 5.84. The number of aromatic amines is 1. The number of carbonyl (C=O) groups is 1.